The third kappa shape index (κ3) is 3.28. The average Bonchev–Trinajstić information content (AvgIpc) is 2.79. The second-order valence-electron chi connectivity index (χ2n) is 4.20. The van der Waals surface area contributed by atoms with Crippen LogP contribution in [0.25, 0.3) is 0 Å². The monoisotopic (exact) mass is 237 g/mol. The molecule has 2 rings (SSSR count). The molecule has 0 radical (unpaired) electrons. The fraction of sp³-hybridized carbons (Fsp3) is 0.636. The molecule has 17 heavy (non-hydrogen) atoms. The van der Waals surface area contributed by atoms with Crippen LogP contribution in [-0.2, 0) is 6.54 Å². The van der Waals surface area contributed by atoms with Crippen molar-refractivity contribution < 1.29 is 4.52 Å². The molecule has 0 amide bonds. The molecule has 0 bridgehead atoms. The second kappa shape index (κ2) is 5.79. The molecule has 6 heteroatoms. The van der Waals surface area contributed by atoms with Crippen LogP contribution in [0, 0.1) is 0 Å². The number of nitrogens with zero attached hydrogens (tertiary/aromatic N) is 4. The van der Waals surface area contributed by atoms with Crippen LogP contribution >= 0.6 is 0 Å². The minimum absolute atomic E-state index is 0.590. The van der Waals surface area contributed by atoms with E-state index in [-0.39, 0.29) is 0 Å². The van der Waals surface area contributed by atoms with Crippen molar-refractivity contribution in [2.24, 2.45) is 0 Å². The van der Waals surface area contributed by atoms with E-state index in [9.17, 15) is 0 Å². The van der Waals surface area contributed by atoms with Crippen LogP contribution in [0.2, 0.25) is 0 Å². The highest BCUT2D eigenvalue weighted by atomic mass is 16.5. The van der Waals surface area contributed by atoms with E-state index in [1.165, 1.54) is 0 Å². The minimum Gasteiger partial charge on any atom is -0.336 e. The van der Waals surface area contributed by atoms with Crippen molar-refractivity contribution in [1.82, 2.24) is 20.4 Å². The highest BCUT2D eigenvalue weighted by Crippen LogP contribution is 2.11. The van der Waals surface area contributed by atoms with Crippen LogP contribution in [0.3, 0.4) is 0 Å². The van der Waals surface area contributed by atoms with Crippen LogP contribution in [0.15, 0.2) is 17.2 Å². The predicted octanol–water partition coefficient (Wildman–Crippen LogP) is 0.0970. The maximum absolute atomic E-state index is 5.18. The summed E-state index contributed by atoms with van der Waals surface area (Å²) in [6.07, 6.45) is 1.80. The fourth-order valence-electron chi connectivity index (χ4n) is 1.73. The van der Waals surface area contributed by atoms with Gasteiger partial charge in [-0.2, -0.15) is 4.98 Å². The van der Waals surface area contributed by atoms with Gasteiger partial charge in [0.05, 0.1) is 6.54 Å². The quantitative estimate of drug-likeness (QED) is 0.579. The van der Waals surface area contributed by atoms with Crippen molar-refractivity contribution in [3.8, 4) is 0 Å². The zero-order chi connectivity index (χ0) is 12.1. The molecule has 1 fully saturated rings. The molecule has 1 aliphatic heterocycles. The largest absolute Gasteiger partial charge is 0.336 e. The normalized spacial score (nSPS) is 17.4. The molecule has 0 aromatic carbocycles. The van der Waals surface area contributed by atoms with E-state index in [2.05, 4.69) is 38.9 Å². The molecule has 1 N–H and O–H groups in total. The Morgan fingerprint density at radius 1 is 1.41 bits per heavy atom. The summed E-state index contributed by atoms with van der Waals surface area (Å²) in [5.74, 6) is 1.33. The number of aromatic nitrogens is 2. The van der Waals surface area contributed by atoms with Gasteiger partial charge in [-0.3, -0.25) is 0 Å². The molecular formula is C11H19N5O. The number of rotatable bonds is 5. The van der Waals surface area contributed by atoms with Gasteiger partial charge in [-0.15, -0.1) is 6.58 Å². The van der Waals surface area contributed by atoms with Gasteiger partial charge >= 0.3 is 0 Å². The lowest BCUT2D eigenvalue weighted by molar-refractivity contribution is 0.308. The first kappa shape index (κ1) is 12.1. The molecule has 2 heterocycles. The highest BCUT2D eigenvalue weighted by Gasteiger charge is 2.18. The van der Waals surface area contributed by atoms with E-state index in [1.54, 1.807) is 6.08 Å². The topological polar surface area (TPSA) is 57.4 Å². The Bertz CT molecular complexity index is 356. The molecule has 0 saturated carbocycles. The summed E-state index contributed by atoms with van der Waals surface area (Å²) in [4.78, 5) is 8.81. The average molecular weight is 237 g/mol. The molecule has 94 valence electrons. The number of likely N-dealkylation sites (N-methyl/N-ethyl adjacent to an activating group) is 1. The van der Waals surface area contributed by atoms with Gasteiger partial charge in [0.1, 0.15) is 0 Å². The Hall–Kier alpha value is -1.40. The molecule has 0 unspecified atom stereocenters. The summed E-state index contributed by atoms with van der Waals surface area (Å²) < 4.78 is 5.18. The SMILES string of the molecule is C=CCNCc1nc(N2CCN(C)CC2)no1. The van der Waals surface area contributed by atoms with Crippen LogP contribution in [0.5, 0.6) is 0 Å². The molecule has 1 aliphatic rings. The van der Waals surface area contributed by atoms with Gasteiger partial charge in [-0.05, 0) is 12.2 Å². The van der Waals surface area contributed by atoms with E-state index >= 15 is 0 Å². The number of nitrogens with one attached hydrogen (secondary N) is 1. The van der Waals surface area contributed by atoms with Gasteiger partial charge in [-0.1, -0.05) is 6.08 Å². The third-order valence-corrected chi connectivity index (χ3v) is 2.81. The summed E-state index contributed by atoms with van der Waals surface area (Å²) in [7, 11) is 2.12. The standard InChI is InChI=1S/C11H19N5O/c1-3-4-12-9-10-13-11(14-17-10)16-7-5-15(2)6-8-16/h3,12H,1,4-9H2,2H3. The molecule has 1 aromatic rings. The van der Waals surface area contributed by atoms with Crippen LogP contribution in [0.1, 0.15) is 5.89 Å². The minimum atomic E-state index is 0.590. The van der Waals surface area contributed by atoms with Gasteiger partial charge < -0.3 is 19.6 Å². The Balaban J connectivity index is 1.87. The van der Waals surface area contributed by atoms with Crippen LogP contribution in [-0.4, -0.2) is 54.8 Å². The Labute approximate surface area is 101 Å². The summed E-state index contributed by atoms with van der Waals surface area (Å²) in [6, 6.07) is 0. The zero-order valence-corrected chi connectivity index (χ0v) is 10.2. The highest BCUT2D eigenvalue weighted by molar-refractivity contribution is 5.28. The molecule has 0 atom stereocenters. The lowest BCUT2D eigenvalue weighted by Gasteiger charge is -2.31. The van der Waals surface area contributed by atoms with E-state index in [0.29, 0.717) is 18.4 Å². The van der Waals surface area contributed by atoms with Gasteiger partial charge in [0.15, 0.2) is 0 Å². The van der Waals surface area contributed by atoms with E-state index in [1.807, 2.05) is 0 Å². The van der Waals surface area contributed by atoms with Crippen molar-refractivity contribution in [1.29, 1.82) is 0 Å². The first-order valence-electron chi connectivity index (χ1n) is 5.87. The Kier molecular flexibility index (Phi) is 4.11. The predicted molar refractivity (Wildman–Crippen MR) is 65.9 cm³/mol. The summed E-state index contributed by atoms with van der Waals surface area (Å²) in [5, 5.41) is 7.13. The van der Waals surface area contributed by atoms with Crippen molar-refractivity contribution in [2.45, 2.75) is 6.54 Å². The van der Waals surface area contributed by atoms with Gasteiger partial charge in [-0.25, -0.2) is 0 Å². The Morgan fingerprint density at radius 3 is 2.88 bits per heavy atom. The van der Waals surface area contributed by atoms with E-state index in [0.717, 1.165) is 32.7 Å². The molecule has 0 spiro atoms. The maximum atomic E-state index is 5.18. The van der Waals surface area contributed by atoms with E-state index < -0.39 is 0 Å². The van der Waals surface area contributed by atoms with Crippen LogP contribution < -0.4 is 10.2 Å². The first-order valence-corrected chi connectivity index (χ1v) is 5.87. The molecule has 0 aliphatic carbocycles. The fourth-order valence-corrected chi connectivity index (χ4v) is 1.73. The number of hydrogen-bond donors (Lipinski definition) is 1. The maximum Gasteiger partial charge on any atom is 0.266 e. The Morgan fingerprint density at radius 2 is 2.18 bits per heavy atom. The van der Waals surface area contributed by atoms with Crippen molar-refractivity contribution in [3.63, 3.8) is 0 Å². The molecule has 6 nitrogen and oxygen atoms in total. The third-order valence-electron chi connectivity index (χ3n) is 2.81. The van der Waals surface area contributed by atoms with Crippen LogP contribution in [0.4, 0.5) is 5.95 Å². The van der Waals surface area contributed by atoms with Gasteiger partial charge in [0.25, 0.3) is 5.95 Å². The summed E-state index contributed by atoms with van der Waals surface area (Å²) in [5.41, 5.74) is 0. The number of piperazine rings is 1. The first-order chi connectivity index (χ1) is 8.29. The van der Waals surface area contributed by atoms with Crippen molar-refractivity contribution in [2.75, 3.05) is 44.7 Å². The molecule has 1 saturated heterocycles. The number of anilines is 1. The van der Waals surface area contributed by atoms with Gasteiger partial charge in [0.2, 0.25) is 5.89 Å². The zero-order valence-electron chi connectivity index (χ0n) is 10.2. The van der Waals surface area contributed by atoms with Crippen molar-refractivity contribution in [3.05, 3.63) is 18.5 Å². The smallest absolute Gasteiger partial charge is 0.266 e. The molecule has 1 aromatic heterocycles. The summed E-state index contributed by atoms with van der Waals surface area (Å²) >= 11 is 0. The lowest BCUT2D eigenvalue weighted by Crippen LogP contribution is -2.44. The van der Waals surface area contributed by atoms with E-state index in [4.69, 9.17) is 4.52 Å². The second-order valence-corrected chi connectivity index (χ2v) is 4.20. The summed E-state index contributed by atoms with van der Waals surface area (Å²) in [6.45, 7) is 8.96. The van der Waals surface area contributed by atoms with Gasteiger partial charge in [0, 0.05) is 32.7 Å². The molecular weight excluding hydrogens is 218 g/mol. The van der Waals surface area contributed by atoms with Crippen molar-refractivity contribution >= 4 is 5.95 Å². The lowest BCUT2D eigenvalue weighted by atomic mass is 10.3. The number of hydrogen-bond acceptors (Lipinski definition) is 6.